The van der Waals surface area contributed by atoms with Crippen LogP contribution in [0.5, 0.6) is 0 Å². The van der Waals surface area contributed by atoms with Gasteiger partial charge in [-0.25, -0.2) is 21.1 Å². The van der Waals surface area contributed by atoms with Crippen molar-refractivity contribution in [3.63, 3.8) is 0 Å². The van der Waals surface area contributed by atoms with Gasteiger partial charge in [-0.05, 0) is 39.2 Å². The van der Waals surface area contributed by atoms with Crippen LogP contribution in [0.4, 0.5) is 0 Å². The Kier molecular flexibility index (Phi) is 6.01. The number of rotatable bonds is 6. The first-order chi connectivity index (χ1) is 9.05. The molecule has 1 fully saturated rings. The summed E-state index contributed by atoms with van der Waals surface area (Å²) in [6, 6.07) is -0.144. The molecule has 120 valence electrons. The molecule has 0 bridgehead atoms. The summed E-state index contributed by atoms with van der Waals surface area (Å²) in [6.45, 7) is 2.77. The number of nitrogens with zero attached hydrogens (tertiary/aromatic N) is 1. The highest BCUT2D eigenvalue weighted by Crippen LogP contribution is 2.24. The van der Waals surface area contributed by atoms with E-state index in [9.17, 15) is 16.8 Å². The van der Waals surface area contributed by atoms with Crippen LogP contribution in [0.3, 0.4) is 0 Å². The highest BCUT2D eigenvalue weighted by atomic mass is 32.2. The normalized spacial score (nSPS) is 25.3. The summed E-state index contributed by atoms with van der Waals surface area (Å²) in [5, 5.41) is 2.59. The van der Waals surface area contributed by atoms with Crippen molar-refractivity contribution in [3.8, 4) is 0 Å². The summed E-state index contributed by atoms with van der Waals surface area (Å²) in [4.78, 5) is 0. The predicted octanol–water partition coefficient (Wildman–Crippen LogP) is 0.0692. The van der Waals surface area contributed by atoms with Crippen LogP contribution in [0.25, 0.3) is 0 Å². The van der Waals surface area contributed by atoms with E-state index in [0.29, 0.717) is 19.5 Å². The Bertz CT molecular complexity index is 516. The third-order valence-electron chi connectivity index (χ3n) is 4.15. The molecule has 1 rings (SSSR count). The molecule has 6 nitrogen and oxygen atoms in total. The minimum absolute atomic E-state index is 0.144. The van der Waals surface area contributed by atoms with Gasteiger partial charge in [0.2, 0.25) is 10.0 Å². The first kappa shape index (κ1) is 17.9. The van der Waals surface area contributed by atoms with Crippen molar-refractivity contribution >= 4 is 19.9 Å². The number of sulfone groups is 1. The van der Waals surface area contributed by atoms with E-state index < -0.39 is 25.1 Å². The third kappa shape index (κ3) is 4.98. The number of nitrogens with one attached hydrogen (secondary N) is 1. The Hall–Kier alpha value is -0.180. The fourth-order valence-electron chi connectivity index (χ4n) is 2.72. The predicted molar refractivity (Wildman–Crippen MR) is 80.9 cm³/mol. The van der Waals surface area contributed by atoms with Crippen LogP contribution >= 0.6 is 0 Å². The second-order valence-electron chi connectivity index (χ2n) is 5.79. The molecule has 0 saturated carbocycles. The molecule has 20 heavy (non-hydrogen) atoms. The first-order valence-corrected chi connectivity index (χ1v) is 10.7. The summed E-state index contributed by atoms with van der Waals surface area (Å²) < 4.78 is 48.0. The van der Waals surface area contributed by atoms with E-state index in [2.05, 4.69) is 5.32 Å². The fraction of sp³-hybridized carbons (Fsp3) is 1.00. The minimum atomic E-state index is -3.16. The van der Waals surface area contributed by atoms with Crippen LogP contribution in [0.15, 0.2) is 0 Å². The zero-order chi connectivity index (χ0) is 15.6. The lowest BCUT2D eigenvalue weighted by atomic mass is 9.91. The molecule has 1 aliphatic rings. The van der Waals surface area contributed by atoms with Gasteiger partial charge in [0.15, 0.2) is 9.84 Å². The monoisotopic (exact) mass is 326 g/mol. The van der Waals surface area contributed by atoms with Gasteiger partial charge in [0.05, 0.1) is 11.5 Å². The fourth-order valence-corrected chi connectivity index (χ4v) is 4.51. The van der Waals surface area contributed by atoms with E-state index in [1.807, 2.05) is 0 Å². The first-order valence-electron chi connectivity index (χ1n) is 6.87. The maximum Gasteiger partial charge on any atom is 0.211 e. The second kappa shape index (κ2) is 6.72. The maximum absolute atomic E-state index is 11.7. The van der Waals surface area contributed by atoms with Crippen molar-refractivity contribution in [2.24, 2.45) is 5.92 Å². The van der Waals surface area contributed by atoms with Crippen LogP contribution in [-0.4, -0.2) is 65.1 Å². The minimum Gasteiger partial charge on any atom is -0.316 e. The molecule has 3 unspecified atom stereocenters. The van der Waals surface area contributed by atoms with E-state index in [0.717, 1.165) is 12.8 Å². The quantitative estimate of drug-likeness (QED) is 0.747. The molecule has 8 heteroatoms. The molecule has 1 heterocycles. The molecule has 0 spiro atoms. The Balaban J connectivity index is 2.71. The van der Waals surface area contributed by atoms with Gasteiger partial charge in [-0.15, -0.1) is 0 Å². The highest BCUT2D eigenvalue weighted by molar-refractivity contribution is 7.91. The van der Waals surface area contributed by atoms with Crippen molar-refractivity contribution in [1.82, 2.24) is 9.62 Å². The van der Waals surface area contributed by atoms with Gasteiger partial charge in [0.25, 0.3) is 0 Å². The lowest BCUT2D eigenvalue weighted by Crippen LogP contribution is -2.45. The summed E-state index contributed by atoms with van der Waals surface area (Å²) in [6.07, 6.45) is 4.93. The Morgan fingerprint density at radius 1 is 1.25 bits per heavy atom. The second-order valence-corrected chi connectivity index (χ2v) is 10.2. The summed E-state index contributed by atoms with van der Waals surface area (Å²) >= 11 is 0. The number of hydrogen-bond acceptors (Lipinski definition) is 5. The zero-order valence-corrected chi connectivity index (χ0v) is 14.3. The van der Waals surface area contributed by atoms with E-state index in [-0.39, 0.29) is 12.0 Å². The average Bonchev–Trinajstić information content (AvgIpc) is 2.33. The Labute approximate surface area is 122 Å². The van der Waals surface area contributed by atoms with Crippen LogP contribution in [0.1, 0.15) is 26.2 Å². The van der Waals surface area contributed by atoms with E-state index >= 15 is 0 Å². The molecule has 0 aliphatic carbocycles. The smallest absolute Gasteiger partial charge is 0.211 e. The van der Waals surface area contributed by atoms with Crippen molar-refractivity contribution < 1.29 is 16.8 Å². The van der Waals surface area contributed by atoms with Crippen LogP contribution in [0, 0.1) is 5.92 Å². The molecule has 1 N–H and O–H groups in total. The molecule has 3 atom stereocenters. The summed E-state index contributed by atoms with van der Waals surface area (Å²) in [5.74, 6) is 0.208. The standard InChI is InChI=1S/C12H26N2O4S2/c1-10(19(3,15)16)12(13-2)8-11-6-5-7-14(9-11)20(4,17)18/h10-13H,5-9H2,1-4H3. The van der Waals surface area contributed by atoms with Crippen LogP contribution < -0.4 is 5.32 Å². The van der Waals surface area contributed by atoms with Crippen LogP contribution in [-0.2, 0) is 19.9 Å². The molecule has 0 aromatic rings. The topological polar surface area (TPSA) is 83.6 Å². The molecular weight excluding hydrogens is 300 g/mol. The van der Waals surface area contributed by atoms with Crippen LogP contribution in [0.2, 0.25) is 0 Å². The van der Waals surface area contributed by atoms with Gasteiger partial charge < -0.3 is 5.32 Å². The summed E-state index contributed by atoms with van der Waals surface area (Å²) in [7, 11) is -4.50. The zero-order valence-electron chi connectivity index (χ0n) is 12.7. The molecule has 0 aromatic carbocycles. The van der Waals surface area contributed by atoms with Gasteiger partial charge in [0.1, 0.15) is 0 Å². The molecule has 0 radical (unpaired) electrons. The molecule has 1 aliphatic heterocycles. The van der Waals surface area contributed by atoms with E-state index in [1.54, 1.807) is 14.0 Å². The van der Waals surface area contributed by atoms with Gasteiger partial charge in [-0.3, -0.25) is 0 Å². The third-order valence-corrected chi connectivity index (χ3v) is 7.10. The highest BCUT2D eigenvalue weighted by Gasteiger charge is 2.31. The number of hydrogen-bond donors (Lipinski definition) is 1. The van der Waals surface area contributed by atoms with Crippen molar-refractivity contribution in [1.29, 1.82) is 0 Å². The Morgan fingerprint density at radius 2 is 1.85 bits per heavy atom. The average molecular weight is 326 g/mol. The molecular formula is C12H26N2O4S2. The van der Waals surface area contributed by atoms with Gasteiger partial charge in [-0.2, -0.15) is 0 Å². The molecule has 1 saturated heterocycles. The number of sulfonamides is 1. The van der Waals surface area contributed by atoms with E-state index in [4.69, 9.17) is 0 Å². The maximum atomic E-state index is 11.7. The van der Waals surface area contributed by atoms with Crippen molar-refractivity contribution in [2.75, 3.05) is 32.6 Å². The SMILES string of the molecule is CNC(CC1CCCN(S(C)(=O)=O)C1)C(C)S(C)(=O)=O. The van der Waals surface area contributed by atoms with E-state index in [1.165, 1.54) is 16.8 Å². The number of piperidine rings is 1. The summed E-state index contributed by atoms with van der Waals surface area (Å²) in [5.41, 5.74) is 0. The lowest BCUT2D eigenvalue weighted by molar-refractivity contribution is 0.239. The van der Waals surface area contributed by atoms with Crippen molar-refractivity contribution in [2.45, 2.75) is 37.5 Å². The Morgan fingerprint density at radius 3 is 2.30 bits per heavy atom. The molecule has 0 amide bonds. The van der Waals surface area contributed by atoms with Gasteiger partial charge in [0, 0.05) is 25.4 Å². The van der Waals surface area contributed by atoms with Gasteiger partial charge in [-0.1, -0.05) is 0 Å². The molecule has 0 aromatic heterocycles. The lowest BCUT2D eigenvalue weighted by Gasteiger charge is -2.34. The van der Waals surface area contributed by atoms with Gasteiger partial charge >= 0.3 is 0 Å². The largest absolute Gasteiger partial charge is 0.316 e. The van der Waals surface area contributed by atoms with Crippen molar-refractivity contribution in [3.05, 3.63) is 0 Å².